The van der Waals surface area contributed by atoms with E-state index >= 15 is 0 Å². The molecule has 3 aromatic rings. The first-order valence-corrected chi connectivity index (χ1v) is 7.30. The van der Waals surface area contributed by atoms with Gasteiger partial charge in [-0.1, -0.05) is 11.6 Å². The lowest BCUT2D eigenvalue weighted by Crippen LogP contribution is -1.97. The average molecular weight is 341 g/mol. The second-order valence-electron chi connectivity index (χ2n) is 4.03. The van der Waals surface area contributed by atoms with Crippen molar-refractivity contribution in [2.45, 2.75) is 0 Å². The van der Waals surface area contributed by atoms with Gasteiger partial charge in [0.1, 0.15) is 15.7 Å². The second kappa shape index (κ2) is 5.44. The summed E-state index contributed by atoms with van der Waals surface area (Å²) in [4.78, 5) is 19.3. The van der Waals surface area contributed by atoms with Crippen molar-refractivity contribution in [3.8, 4) is 0 Å². The Morgan fingerprint density at radius 1 is 1.24 bits per heavy atom. The van der Waals surface area contributed by atoms with Crippen LogP contribution in [0.5, 0.6) is 0 Å². The van der Waals surface area contributed by atoms with Crippen LogP contribution in [0.2, 0.25) is 10.3 Å². The Bertz CT molecular complexity index is 852. The number of aromatic nitrogens is 2. The Balaban J connectivity index is 2.04. The molecule has 9 heteroatoms. The normalized spacial score (nSPS) is 10.8. The molecule has 0 saturated carbocycles. The third-order valence-corrected chi connectivity index (χ3v) is 4.00. The predicted octanol–water partition coefficient (Wildman–Crippen LogP) is 4.65. The van der Waals surface area contributed by atoms with Gasteiger partial charge in [0.15, 0.2) is 0 Å². The first kappa shape index (κ1) is 14.0. The van der Waals surface area contributed by atoms with Crippen molar-refractivity contribution in [1.82, 2.24) is 9.97 Å². The molecular formula is C12H6Cl2N4O2S. The second-order valence-corrected chi connectivity index (χ2v) is 5.67. The molecule has 0 bridgehead atoms. The van der Waals surface area contributed by atoms with Crippen molar-refractivity contribution >= 4 is 61.9 Å². The number of halogens is 2. The molecule has 0 unspecified atom stereocenters. The number of nitro benzene ring substituents is 1. The van der Waals surface area contributed by atoms with Crippen LogP contribution >= 0.6 is 34.5 Å². The summed E-state index contributed by atoms with van der Waals surface area (Å²) in [5, 5.41) is 16.7. The maximum Gasteiger partial charge on any atom is 0.289 e. The van der Waals surface area contributed by atoms with Gasteiger partial charge in [-0.3, -0.25) is 10.1 Å². The third-order valence-electron chi connectivity index (χ3n) is 2.70. The number of anilines is 2. The summed E-state index contributed by atoms with van der Waals surface area (Å²) >= 11 is 13.1. The standard InChI is InChI=1S/C12H6Cl2N4O2S/c13-8-2-1-6(5-9(8)18(19)20)15-10-7-3-4-21-11(7)17-12(14)16-10/h1-5H,(H,15,16,17). The van der Waals surface area contributed by atoms with Crippen LogP contribution in [-0.2, 0) is 0 Å². The lowest BCUT2D eigenvalue weighted by molar-refractivity contribution is -0.384. The van der Waals surface area contributed by atoms with E-state index in [-0.39, 0.29) is 16.0 Å². The Labute approximate surface area is 132 Å². The highest BCUT2D eigenvalue weighted by molar-refractivity contribution is 7.16. The van der Waals surface area contributed by atoms with Crippen LogP contribution in [-0.4, -0.2) is 14.9 Å². The molecule has 2 aromatic heterocycles. The molecule has 0 atom stereocenters. The first-order valence-electron chi connectivity index (χ1n) is 5.66. The summed E-state index contributed by atoms with van der Waals surface area (Å²) in [6.07, 6.45) is 0. The van der Waals surface area contributed by atoms with Gasteiger partial charge in [0, 0.05) is 11.8 Å². The molecular weight excluding hydrogens is 335 g/mol. The molecule has 0 radical (unpaired) electrons. The number of nitrogens with one attached hydrogen (secondary N) is 1. The molecule has 0 spiro atoms. The van der Waals surface area contributed by atoms with E-state index in [4.69, 9.17) is 23.2 Å². The maximum atomic E-state index is 10.9. The largest absolute Gasteiger partial charge is 0.339 e. The third kappa shape index (κ3) is 2.76. The highest BCUT2D eigenvalue weighted by Crippen LogP contribution is 2.32. The van der Waals surface area contributed by atoms with Gasteiger partial charge in [-0.05, 0) is 35.2 Å². The zero-order valence-corrected chi connectivity index (χ0v) is 12.5. The number of benzene rings is 1. The van der Waals surface area contributed by atoms with Gasteiger partial charge in [-0.15, -0.1) is 11.3 Å². The van der Waals surface area contributed by atoms with Crippen molar-refractivity contribution in [1.29, 1.82) is 0 Å². The summed E-state index contributed by atoms with van der Waals surface area (Å²) in [6, 6.07) is 6.28. The highest BCUT2D eigenvalue weighted by atomic mass is 35.5. The smallest absolute Gasteiger partial charge is 0.289 e. The van der Waals surface area contributed by atoms with Crippen molar-refractivity contribution in [2.24, 2.45) is 0 Å². The molecule has 2 heterocycles. The van der Waals surface area contributed by atoms with Crippen molar-refractivity contribution < 1.29 is 4.92 Å². The maximum absolute atomic E-state index is 10.9. The van der Waals surface area contributed by atoms with Gasteiger partial charge in [-0.2, -0.15) is 4.98 Å². The molecule has 0 fully saturated rings. The molecule has 0 aliphatic carbocycles. The van der Waals surface area contributed by atoms with E-state index in [1.165, 1.54) is 23.5 Å². The monoisotopic (exact) mass is 340 g/mol. The fourth-order valence-electron chi connectivity index (χ4n) is 1.79. The van der Waals surface area contributed by atoms with Crippen LogP contribution < -0.4 is 5.32 Å². The lowest BCUT2D eigenvalue weighted by atomic mass is 10.2. The van der Waals surface area contributed by atoms with Crippen LogP contribution in [0, 0.1) is 10.1 Å². The summed E-state index contributed by atoms with van der Waals surface area (Å²) < 4.78 is 0. The van der Waals surface area contributed by atoms with Gasteiger partial charge in [-0.25, -0.2) is 4.98 Å². The van der Waals surface area contributed by atoms with E-state index in [1.54, 1.807) is 6.07 Å². The number of fused-ring (bicyclic) bond motifs is 1. The zero-order valence-electron chi connectivity index (χ0n) is 10.2. The molecule has 6 nitrogen and oxygen atoms in total. The van der Waals surface area contributed by atoms with Crippen LogP contribution in [0.3, 0.4) is 0 Å². The minimum atomic E-state index is -0.541. The van der Waals surface area contributed by atoms with E-state index in [1.807, 2.05) is 11.4 Å². The molecule has 0 amide bonds. The topological polar surface area (TPSA) is 81.0 Å². The van der Waals surface area contributed by atoms with Crippen molar-refractivity contribution in [3.05, 3.63) is 50.1 Å². The zero-order chi connectivity index (χ0) is 15.0. The van der Waals surface area contributed by atoms with Crippen LogP contribution in [0.25, 0.3) is 10.2 Å². The summed E-state index contributed by atoms with van der Waals surface area (Å²) in [5.74, 6) is 0.489. The van der Waals surface area contributed by atoms with Crippen LogP contribution in [0.1, 0.15) is 0 Å². The summed E-state index contributed by atoms with van der Waals surface area (Å²) in [5.41, 5.74) is 0.316. The molecule has 3 rings (SSSR count). The lowest BCUT2D eigenvalue weighted by Gasteiger charge is -2.07. The van der Waals surface area contributed by atoms with Crippen LogP contribution in [0.4, 0.5) is 17.2 Å². The number of rotatable bonds is 3. The minimum Gasteiger partial charge on any atom is -0.339 e. The highest BCUT2D eigenvalue weighted by Gasteiger charge is 2.14. The van der Waals surface area contributed by atoms with Crippen molar-refractivity contribution in [2.75, 3.05) is 5.32 Å². The molecule has 21 heavy (non-hydrogen) atoms. The fraction of sp³-hybridized carbons (Fsp3) is 0. The molecule has 1 aromatic carbocycles. The predicted molar refractivity (Wildman–Crippen MR) is 83.8 cm³/mol. The van der Waals surface area contributed by atoms with Gasteiger partial charge in [0.05, 0.1) is 10.3 Å². The number of thiophene rings is 1. The molecule has 0 aliphatic heterocycles. The molecule has 1 N–H and O–H groups in total. The van der Waals surface area contributed by atoms with Gasteiger partial charge in [0.2, 0.25) is 5.28 Å². The summed E-state index contributed by atoms with van der Waals surface area (Å²) in [6.45, 7) is 0. The van der Waals surface area contributed by atoms with Crippen molar-refractivity contribution in [3.63, 3.8) is 0 Å². The van der Waals surface area contributed by atoms with Gasteiger partial charge in [0.25, 0.3) is 5.69 Å². The molecule has 106 valence electrons. The molecule has 0 saturated heterocycles. The average Bonchev–Trinajstić information content (AvgIpc) is 2.88. The minimum absolute atomic E-state index is 0.0759. The summed E-state index contributed by atoms with van der Waals surface area (Å²) in [7, 11) is 0. The Hall–Kier alpha value is -1.96. The van der Waals surface area contributed by atoms with E-state index in [0.29, 0.717) is 11.5 Å². The SMILES string of the molecule is O=[N+]([O-])c1cc(Nc2nc(Cl)nc3sccc23)ccc1Cl. The Kier molecular flexibility index (Phi) is 3.62. The first-order chi connectivity index (χ1) is 10.0. The number of hydrogen-bond acceptors (Lipinski definition) is 6. The molecule has 0 aliphatic rings. The van der Waals surface area contributed by atoms with Crippen LogP contribution in [0.15, 0.2) is 29.6 Å². The van der Waals surface area contributed by atoms with E-state index in [9.17, 15) is 10.1 Å². The Morgan fingerprint density at radius 3 is 2.81 bits per heavy atom. The van der Waals surface area contributed by atoms with E-state index in [0.717, 1.165) is 10.2 Å². The Morgan fingerprint density at radius 2 is 2.05 bits per heavy atom. The number of nitro groups is 1. The van der Waals surface area contributed by atoms with E-state index < -0.39 is 4.92 Å². The van der Waals surface area contributed by atoms with Gasteiger partial charge < -0.3 is 5.32 Å². The number of nitrogens with zero attached hydrogens (tertiary/aromatic N) is 3. The van der Waals surface area contributed by atoms with Gasteiger partial charge >= 0.3 is 0 Å². The number of hydrogen-bond donors (Lipinski definition) is 1. The fourth-order valence-corrected chi connectivity index (χ4v) is 2.96. The van der Waals surface area contributed by atoms with E-state index in [2.05, 4.69) is 15.3 Å². The quantitative estimate of drug-likeness (QED) is 0.426.